The van der Waals surface area contributed by atoms with Crippen molar-refractivity contribution in [2.45, 2.75) is 18.9 Å². The predicted octanol–water partition coefficient (Wildman–Crippen LogP) is 1.23. The van der Waals surface area contributed by atoms with Crippen LogP contribution in [-0.2, 0) is 14.3 Å². The van der Waals surface area contributed by atoms with Crippen LogP contribution >= 0.6 is 11.3 Å². The van der Waals surface area contributed by atoms with E-state index in [1.165, 1.54) is 18.4 Å². The molecular weight excluding hydrogens is 268 g/mol. The van der Waals surface area contributed by atoms with Gasteiger partial charge in [-0.3, -0.25) is 4.79 Å². The standard InChI is InChI=1S/C12H18N2O4S/c1-17-6-3-4-8(13)11(15)14-9-5-7-19-10(9)12(16)18-2/h5,7-8H,3-4,6,13H2,1-2H3,(H,14,15). The molecule has 0 radical (unpaired) electrons. The molecule has 0 aliphatic rings. The molecule has 0 aromatic carbocycles. The van der Waals surface area contributed by atoms with Crippen molar-refractivity contribution in [1.82, 2.24) is 0 Å². The molecule has 1 rings (SSSR count). The van der Waals surface area contributed by atoms with Crippen LogP contribution in [-0.4, -0.2) is 38.7 Å². The van der Waals surface area contributed by atoms with Crippen molar-refractivity contribution >= 4 is 28.9 Å². The quantitative estimate of drug-likeness (QED) is 0.581. The first kappa shape index (κ1) is 15.6. The number of thiophene rings is 1. The summed E-state index contributed by atoms with van der Waals surface area (Å²) in [4.78, 5) is 23.7. The van der Waals surface area contributed by atoms with Crippen LogP contribution in [0.25, 0.3) is 0 Å². The first-order chi connectivity index (χ1) is 9.10. The molecule has 6 nitrogen and oxygen atoms in total. The zero-order valence-electron chi connectivity index (χ0n) is 11.0. The number of anilines is 1. The third-order valence-corrected chi connectivity index (χ3v) is 3.39. The summed E-state index contributed by atoms with van der Waals surface area (Å²) < 4.78 is 9.53. The molecule has 7 heteroatoms. The van der Waals surface area contributed by atoms with E-state index >= 15 is 0 Å². The van der Waals surface area contributed by atoms with Gasteiger partial charge in [-0.1, -0.05) is 0 Å². The van der Waals surface area contributed by atoms with Gasteiger partial charge in [0, 0.05) is 13.7 Å². The van der Waals surface area contributed by atoms with Gasteiger partial charge in [0.05, 0.1) is 18.8 Å². The Kier molecular flexibility index (Phi) is 6.48. The highest BCUT2D eigenvalue weighted by atomic mass is 32.1. The molecule has 1 amide bonds. The molecule has 106 valence electrons. The van der Waals surface area contributed by atoms with Crippen molar-refractivity contribution in [3.8, 4) is 0 Å². The van der Waals surface area contributed by atoms with Crippen molar-refractivity contribution in [3.05, 3.63) is 16.3 Å². The lowest BCUT2D eigenvalue weighted by Crippen LogP contribution is -2.36. The molecule has 0 bridgehead atoms. The van der Waals surface area contributed by atoms with Crippen LogP contribution < -0.4 is 11.1 Å². The van der Waals surface area contributed by atoms with E-state index in [1.54, 1.807) is 18.6 Å². The van der Waals surface area contributed by atoms with E-state index in [0.717, 1.165) is 0 Å². The van der Waals surface area contributed by atoms with Gasteiger partial charge in [-0.2, -0.15) is 0 Å². The van der Waals surface area contributed by atoms with Crippen LogP contribution in [0.3, 0.4) is 0 Å². The topological polar surface area (TPSA) is 90.6 Å². The summed E-state index contributed by atoms with van der Waals surface area (Å²) in [7, 11) is 2.89. The average Bonchev–Trinajstić information content (AvgIpc) is 2.86. The van der Waals surface area contributed by atoms with Crippen molar-refractivity contribution in [3.63, 3.8) is 0 Å². The van der Waals surface area contributed by atoms with Gasteiger partial charge in [-0.15, -0.1) is 11.3 Å². The molecule has 0 saturated carbocycles. The zero-order chi connectivity index (χ0) is 14.3. The number of hydrogen-bond donors (Lipinski definition) is 2. The SMILES string of the molecule is COCCCC(N)C(=O)Nc1ccsc1C(=O)OC. The first-order valence-corrected chi connectivity index (χ1v) is 6.69. The number of carbonyl (C=O) groups excluding carboxylic acids is 2. The van der Waals surface area contributed by atoms with Crippen molar-refractivity contribution in [1.29, 1.82) is 0 Å². The molecule has 0 fully saturated rings. The second-order valence-corrected chi connectivity index (χ2v) is 4.80. The molecule has 1 unspecified atom stereocenters. The van der Waals surface area contributed by atoms with Crippen LogP contribution in [0.1, 0.15) is 22.5 Å². The third kappa shape index (κ3) is 4.62. The van der Waals surface area contributed by atoms with Gasteiger partial charge >= 0.3 is 5.97 Å². The van der Waals surface area contributed by atoms with Crippen LogP contribution in [0.4, 0.5) is 5.69 Å². The minimum Gasteiger partial charge on any atom is -0.465 e. The number of rotatable bonds is 7. The predicted molar refractivity (Wildman–Crippen MR) is 73.4 cm³/mol. The Balaban J connectivity index is 2.57. The van der Waals surface area contributed by atoms with E-state index in [9.17, 15) is 9.59 Å². The highest BCUT2D eigenvalue weighted by molar-refractivity contribution is 7.12. The molecular formula is C12H18N2O4S. The molecule has 1 atom stereocenters. The number of carbonyl (C=O) groups is 2. The summed E-state index contributed by atoms with van der Waals surface area (Å²) >= 11 is 1.21. The summed E-state index contributed by atoms with van der Waals surface area (Å²) in [5.41, 5.74) is 6.19. The van der Waals surface area contributed by atoms with Crippen LogP contribution in [0.5, 0.6) is 0 Å². The van der Waals surface area contributed by atoms with Gasteiger partial charge in [-0.05, 0) is 24.3 Å². The summed E-state index contributed by atoms with van der Waals surface area (Å²) in [5, 5.41) is 4.34. The molecule has 0 spiro atoms. The number of hydrogen-bond acceptors (Lipinski definition) is 6. The maximum absolute atomic E-state index is 11.8. The molecule has 3 N–H and O–H groups in total. The van der Waals surface area contributed by atoms with E-state index in [-0.39, 0.29) is 5.91 Å². The lowest BCUT2D eigenvalue weighted by atomic mass is 10.1. The van der Waals surface area contributed by atoms with Crippen molar-refractivity contribution < 1.29 is 19.1 Å². The summed E-state index contributed by atoms with van der Waals surface area (Å²) in [6.07, 6.45) is 1.23. The Morgan fingerprint density at radius 1 is 1.47 bits per heavy atom. The molecule has 1 aromatic rings. The summed E-state index contributed by atoms with van der Waals surface area (Å²) in [6.45, 7) is 0.562. The van der Waals surface area contributed by atoms with Gasteiger partial charge in [-0.25, -0.2) is 4.79 Å². The highest BCUT2D eigenvalue weighted by Crippen LogP contribution is 2.23. The number of nitrogens with two attached hydrogens (primary N) is 1. The van der Waals surface area contributed by atoms with Crippen molar-refractivity contribution in [2.75, 3.05) is 26.1 Å². The Bertz CT molecular complexity index is 433. The molecule has 0 saturated heterocycles. The van der Waals surface area contributed by atoms with Crippen LogP contribution in [0, 0.1) is 0 Å². The Hall–Kier alpha value is -1.44. The molecule has 0 aliphatic heterocycles. The highest BCUT2D eigenvalue weighted by Gasteiger charge is 2.18. The zero-order valence-corrected chi connectivity index (χ0v) is 11.8. The molecule has 1 heterocycles. The average molecular weight is 286 g/mol. The van der Waals surface area contributed by atoms with E-state index in [0.29, 0.717) is 30.0 Å². The van der Waals surface area contributed by atoms with Crippen molar-refractivity contribution in [2.24, 2.45) is 5.73 Å². The number of nitrogens with one attached hydrogen (secondary N) is 1. The first-order valence-electron chi connectivity index (χ1n) is 5.81. The monoisotopic (exact) mass is 286 g/mol. The van der Waals surface area contributed by atoms with E-state index in [1.807, 2.05) is 0 Å². The van der Waals surface area contributed by atoms with Gasteiger partial charge in [0.2, 0.25) is 5.91 Å². The fraction of sp³-hybridized carbons (Fsp3) is 0.500. The molecule has 1 aromatic heterocycles. The van der Waals surface area contributed by atoms with Crippen LogP contribution in [0.2, 0.25) is 0 Å². The second-order valence-electron chi connectivity index (χ2n) is 3.89. The number of ether oxygens (including phenoxy) is 2. The largest absolute Gasteiger partial charge is 0.465 e. The van der Waals surface area contributed by atoms with Gasteiger partial charge in [0.1, 0.15) is 4.88 Å². The fourth-order valence-electron chi connectivity index (χ4n) is 1.46. The molecule has 19 heavy (non-hydrogen) atoms. The molecule has 0 aliphatic carbocycles. The number of amides is 1. The normalized spacial score (nSPS) is 11.9. The Labute approximate surface area is 115 Å². The number of esters is 1. The van der Waals surface area contributed by atoms with E-state index in [2.05, 4.69) is 10.1 Å². The van der Waals surface area contributed by atoms with Gasteiger partial charge in [0.25, 0.3) is 0 Å². The lowest BCUT2D eigenvalue weighted by molar-refractivity contribution is -0.117. The summed E-state index contributed by atoms with van der Waals surface area (Å²) in [5.74, 6) is -0.794. The van der Waals surface area contributed by atoms with E-state index < -0.39 is 12.0 Å². The lowest BCUT2D eigenvalue weighted by Gasteiger charge is -2.11. The maximum atomic E-state index is 11.8. The fourth-order valence-corrected chi connectivity index (χ4v) is 2.23. The van der Waals surface area contributed by atoms with Gasteiger partial charge in [0.15, 0.2) is 0 Å². The van der Waals surface area contributed by atoms with Gasteiger partial charge < -0.3 is 20.5 Å². The van der Waals surface area contributed by atoms with Crippen LogP contribution in [0.15, 0.2) is 11.4 Å². The smallest absolute Gasteiger partial charge is 0.350 e. The second kappa shape index (κ2) is 7.88. The Morgan fingerprint density at radius 2 is 2.21 bits per heavy atom. The minimum absolute atomic E-state index is 0.320. The minimum atomic E-state index is -0.624. The van der Waals surface area contributed by atoms with E-state index in [4.69, 9.17) is 10.5 Å². The number of methoxy groups -OCH3 is 2. The Morgan fingerprint density at radius 3 is 2.84 bits per heavy atom. The third-order valence-electron chi connectivity index (χ3n) is 2.49. The maximum Gasteiger partial charge on any atom is 0.350 e. The summed E-state index contributed by atoms with van der Waals surface area (Å²) in [6, 6.07) is 1.03.